The summed E-state index contributed by atoms with van der Waals surface area (Å²) in [5.41, 5.74) is 6.13. The van der Waals surface area contributed by atoms with Crippen LogP contribution in [0.25, 0.3) is 0 Å². The van der Waals surface area contributed by atoms with E-state index in [0.29, 0.717) is 6.42 Å². The van der Waals surface area contributed by atoms with Gasteiger partial charge in [0.05, 0.1) is 0 Å². The van der Waals surface area contributed by atoms with E-state index in [4.69, 9.17) is 5.73 Å². The first-order chi connectivity index (χ1) is 6.93. The number of amides is 1. The first-order valence-electron chi connectivity index (χ1n) is 5.93. The minimum Gasteiger partial charge on any atom is -0.345 e. The van der Waals surface area contributed by atoms with Gasteiger partial charge < -0.3 is 10.6 Å². The molecule has 0 saturated carbocycles. The fourth-order valence-electron chi connectivity index (χ4n) is 1.45. The summed E-state index contributed by atoms with van der Waals surface area (Å²) in [6.07, 6.45) is 0.427. The van der Waals surface area contributed by atoms with Crippen LogP contribution in [0, 0.1) is 10.8 Å². The van der Waals surface area contributed by atoms with E-state index < -0.39 is 0 Å². The number of carbonyl (C=O) groups is 1. The zero-order valence-electron chi connectivity index (χ0n) is 11.9. The Bertz CT molecular complexity index is 235. The van der Waals surface area contributed by atoms with Crippen LogP contribution in [0.4, 0.5) is 0 Å². The highest BCUT2D eigenvalue weighted by atomic mass is 16.2. The Hall–Kier alpha value is -0.570. The highest BCUT2D eigenvalue weighted by Crippen LogP contribution is 2.21. The predicted molar refractivity (Wildman–Crippen MR) is 69.1 cm³/mol. The van der Waals surface area contributed by atoms with Gasteiger partial charge in [-0.05, 0) is 10.8 Å². The molecule has 0 aromatic rings. The summed E-state index contributed by atoms with van der Waals surface area (Å²) in [5, 5.41) is 0. The molecule has 16 heavy (non-hydrogen) atoms. The van der Waals surface area contributed by atoms with Gasteiger partial charge in [0.25, 0.3) is 0 Å². The maximum absolute atomic E-state index is 11.9. The second-order valence-electron chi connectivity index (χ2n) is 6.99. The van der Waals surface area contributed by atoms with E-state index in [1.807, 2.05) is 7.05 Å². The smallest absolute Gasteiger partial charge is 0.223 e. The predicted octanol–water partition coefficient (Wildman–Crippen LogP) is 2.25. The normalized spacial score (nSPS) is 14.8. The van der Waals surface area contributed by atoms with Gasteiger partial charge in [0.2, 0.25) is 5.91 Å². The standard InChI is InChI=1S/C13H28N2O/c1-12(2,3)9-15(7)11(16)8-10(14)13(4,5)6/h10H,8-9,14H2,1-7H3. The van der Waals surface area contributed by atoms with Crippen LogP contribution < -0.4 is 5.73 Å². The van der Waals surface area contributed by atoms with Crippen molar-refractivity contribution >= 4 is 5.91 Å². The maximum Gasteiger partial charge on any atom is 0.223 e. The lowest BCUT2D eigenvalue weighted by Gasteiger charge is -2.31. The molecule has 0 aliphatic carbocycles. The van der Waals surface area contributed by atoms with Crippen molar-refractivity contribution < 1.29 is 4.79 Å². The molecular weight excluding hydrogens is 200 g/mol. The number of hydrogen-bond acceptors (Lipinski definition) is 2. The number of hydrogen-bond donors (Lipinski definition) is 1. The highest BCUT2D eigenvalue weighted by Gasteiger charge is 2.25. The van der Waals surface area contributed by atoms with Crippen LogP contribution in [0.1, 0.15) is 48.0 Å². The summed E-state index contributed by atoms with van der Waals surface area (Å²) in [7, 11) is 1.85. The summed E-state index contributed by atoms with van der Waals surface area (Å²) in [5.74, 6) is 0.136. The Morgan fingerprint density at radius 2 is 1.62 bits per heavy atom. The van der Waals surface area contributed by atoms with Gasteiger partial charge >= 0.3 is 0 Å². The van der Waals surface area contributed by atoms with Gasteiger partial charge in [-0.25, -0.2) is 0 Å². The monoisotopic (exact) mass is 228 g/mol. The molecule has 2 N–H and O–H groups in total. The summed E-state index contributed by atoms with van der Waals surface area (Å²) in [4.78, 5) is 13.7. The van der Waals surface area contributed by atoms with Crippen molar-refractivity contribution in [1.82, 2.24) is 4.90 Å². The van der Waals surface area contributed by atoms with Crippen molar-refractivity contribution in [3.8, 4) is 0 Å². The van der Waals surface area contributed by atoms with E-state index in [9.17, 15) is 4.79 Å². The van der Waals surface area contributed by atoms with Gasteiger partial charge in [-0.1, -0.05) is 41.5 Å². The second-order valence-corrected chi connectivity index (χ2v) is 6.99. The first kappa shape index (κ1) is 15.4. The van der Waals surface area contributed by atoms with Crippen LogP contribution in [0.2, 0.25) is 0 Å². The van der Waals surface area contributed by atoms with Gasteiger partial charge in [0.15, 0.2) is 0 Å². The fraction of sp³-hybridized carbons (Fsp3) is 0.923. The molecule has 0 rings (SSSR count). The number of rotatable bonds is 3. The van der Waals surface area contributed by atoms with E-state index in [1.54, 1.807) is 4.90 Å². The molecule has 0 spiro atoms. The summed E-state index contributed by atoms with van der Waals surface area (Å²) in [6.45, 7) is 13.3. The Morgan fingerprint density at radius 1 is 1.19 bits per heavy atom. The number of carbonyl (C=O) groups excluding carboxylic acids is 1. The van der Waals surface area contributed by atoms with Gasteiger partial charge in [0.1, 0.15) is 0 Å². The first-order valence-corrected chi connectivity index (χ1v) is 5.93. The Morgan fingerprint density at radius 3 is 1.94 bits per heavy atom. The third-order valence-electron chi connectivity index (χ3n) is 2.64. The third-order valence-corrected chi connectivity index (χ3v) is 2.64. The molecule has 0 aromatic carbocycles. The maximum atomic E-state index is 11.9. The van der Waals surface area contributed by atoms with Crippen LogP contribution in [-0.4, -0.2) is 30.4 Å². The molecule has 0 saturated heterocycles. The van der Waals surface area contributed by atoms with E-state index in [2.05, 4.69) is 41.5 Å². The van der Waals surface area contributed by atoms with Crippen LogP contribution >= 0.6 is 0 Å². The van der Waals surface area contributed by atoms with Gasteiger partial charge in [-0.2, -0.15) is 0 Å². The van der Waals surface area contributed by atoms with Crippen LogP contribution in [0.5, 0.6) is 0 Å². The molecule has 1 unspecified atom stereocenters. The van der Waals surface area contributed by atoms with Crippen molar-refractivity contribution in [2.75, 3.05) is 13.6 Å². The second kappa shape index (κ2) is 5.17. The average molecular weight is 228 g/mol. The van der Waals surface area contributed by atoms with E-state index in [0.717, 1.165) is 6.54 Å². The molecule has 0 heterocycles. The lowest BCUT2D eigenvalue weighted by Crippen LogP contribution is -2.42. The molecule has 3 nitrogen and oxygen atoms in total. The van der Waals surface area contributed by atoms with Crippen molar-refractivity contribution in [1.29, 1.82) is 0 Å². The summed E-state index contributed by atoms with van der Waals surface area (Å²) in [6, 6.07) is -0.0811. The van der Waals surface area contributed by atoms with Crippen LogP contribution in [0.3, 0.4) is 0 Å². The molecule has 0 bridgehead atoms. The molecule has 0 fully saturated rings. The Balaban J connectivity index is 4.27. The van der Waals surface area contributed by atoms with Crippen molar-refractivity contribution in [3.63, 3.8) is 0 Å². The fourth-order valence-corrected chi connectivity index (χ4v) is 1.45. The summed E-state index contributed by atoms with van der Waals surface area (Å²) >= 11 is 0. The Kier molecular flexibility index (Phi) is 4.99. The van der Waals surface area contributed by atoms with E-state index in [1.165, 1.54) is 0 Å². The molecule has 96 valence electrons. The zero-order chi connectivity index (χ0) is 13.1. The van der Waals surface area contributed by atoms with Gasteiger partial charge in [-0.3, -0.25) is 4.79 Å². The molecule has 0 aliphatic heterocycles. The molecule has 0 aliphatic rings. The molecule has 3 heteroatoms. The molecule has 1 amide bonds. The summed E-state index contributed by atoms with van der Waals surface area (Å²) < 4.78 is 0. The molecular formula is C13H28N2O. The number of nitrogens with zero attached hydrogens (tertiary/aromatic N) is 1. The SMILES string of the molecule is CN(CC(C)(C)C)C(=O)CC(N)C(C)(C)C. The molecule has 1 atom stereocenters. The largest absolute Gasteiger partial charge is 0.345 e. The minimum atomic E-state index is -0.0811. The van der Waals surface area contributed by atoms with E-state index in [-0.39, 0.29) is 22.8 Å². The van der Waals surface area contributed by atoms with Crippen LogP contribution in [-0.2, 0) is 4.79 Å². The van der Waals surface area contributed by atoms with Crippen molar-refractivity contribution in [3.05, 3.63) is 0 Å². The lowest BCUT2D eigenvalue weighted by molar-refractivity contribution is -0.131. The third kappa shape index (κ3) is 6.11. The quantitative estimate of drug-likeness (QED) is 0.805. The molecule has 0 aromatic heterocycles. The van der Waals surface area contributed by atoms with E-state index >= 15 is 0 Å². The minimum absolute atomic E-state index is 0.0156. The zero-order valence-corrected chi connectivity index (χ0v) is 11.9. The van der Waals surface area contributed by atoms with Crippen LogP contribution in [0.15, 0.2) is 0 Å². The Labute approximate surface area is 100 Å². The average Bonchev–Trinajstić information content (AvgIpc) is 1.98. The van der Waals surface area contributed by atoms with Gasteiger partial charge in [0, 0.05) is 26.1 Å². The van der Waals surface area contributed by atoms with Crippen molar-refractivity contribution in [2.45, 2.75) is 54.0 Å². The van der Waals surface area contributed by atoms with Crippen molar-refractivity contribution in [2.24, 2.45) is 16.6 Å². The van der Waals surface area contributed by atoms with Gasteiger partial charge in [-0.15, -0.1) is 0 Å². The molecule has 0 radical (unpaired) electrons. The highest BCUT2D eigenvalue weighted by molar-refractivity contribution is 5.76. The lowest BCUT2D eigenvalue weighted by atomic mass is 9.85. The topological polar surface area (TPSA) is 46.3 Å². The number of nitrogens with two attached hydrogens (primary N) is 1.